The molecular formula is C21H15F3I6NO6S-. The lowest BCUT2D eigenvalue weighted by atomic mass is 9.87. The lowest BCUT2D eigenvalue weighted by molar-refractivity contribution is -0.0431. The maximum Gasteiger partial charge on any atom is 0.480 e. The minimum atomic E-state index is -5.82. The molecule has 0 saturated heterocycles. The van der Waals surface area contributed by atoms with Gasteiger partial charge in [-0.15, -0.1) is 6.54 Å². The standard InChI is InChI=1S/C21H15F3I6NO6S/c1-2-20(7-31-38(34,35)21(22,23)24,8-36-18(32)12-3-10(25)5-14(27)16(12)29)9-37-19(33)13-4-11(26)6-15(28)17(13)30/h3-6H,2,7-9H2,1H3/q-1. The Hall–Kier alpha value is 1.46. The van der Waals surface area contributed by atoms with Crippen LogP contribution in [0.25, 0.3) is 4.72 Å². The maximum absolute atomic E-state index is 13.0. The topological polar surface area (TPSA) is 101 Å². The molecule has 7 nitrogen and oxygen atoms in total. The van der Waals surface area contributed by atoms with Crippen molar-refractivity contribution in [3.05, 3.63) is 61.5 Å². The van der Waals surface area contributed by atoms with E-state index in [1.54, 1.807) is 19.1 Å². The van der Waals surface area contributed by atoms with Crippen molar-refractivity contribution >= 4 is 158 Å². The highest BCUT2D eigenvalue weighted by Gasteiger charge is 2.40. The van der Waals surface area contributed by atoms with E-state index in [1.807, 2.05) is 102 Å². The van der Waals surface area contributed by atoms with Gasteiger partial charge in [0.25, 0.3) is 0 Å². The average Bonchev–Trinajstić information content (AvgIpc) is 2.82. The molecule has 0 N–H and O–H groups in total. The number of esters is 2. The summed E-state index contributed by atoms with van der Waals surface area (Å²) < 4.78 is 80.4. The molecule has 38 heavy (non-hydrogen) atoms. The molecular weight excluding hydrogens is 1210 g/mol. The number of hydrogen-bond acceptors (Lipinski definition) is 6. The summed E-state index contributed by atoms with van der Waals surface area (Å²) in [5, 5.41) is 0. The van der Waals surface area contributed by atoms with Gasteiger partial charge in [-0.05, 0) is 166 Å². The van der Waals surface area contributed by atoms with Gasteiger partial charge in [0.15, 0.2) is 10.0 Å². The number of rotatable bonds is 10. The number of carbonyl (C=O) groups is 2. The second kappa shape index (κ2) is 14.8. The van der Waals surface area contributed by atoms with Crippen LogP contribution >= 0.6 is 136 Å². The van der Waals surface area contributed by atoms with Crippen LogP contribution in [0.5, 0.6) is 0 Å². The number of hydrogen-bond donors (Lipinski definition) is 0. The van der Waals surface area contributed by atoms with Crippen LogP contribution in [0, 0.1) is 26.8 Å². The van der Waals surface area contributed by atoms with Crippen molar-refractivity contribution in [2.45, 2.75) is 18.9 Å². The van der Waals surface area contributed by atoms with Gasteiger partial charge in [0.2, 0.25) is 0 Å². The molecule has 17 heteroatoms. The van der Waals surface area contributed by atoms with E-state index in [4.69, 9.17) is 9.47 Å². The Morgan fingerprint density at radius 2 is 1.21 bits per heavy atom. The van der Waals surface area contributed by atoms with Gasteiger partial charge in [-0.1, -0.05) is 6.92 Å². The molecule has 0 spiro atoms. The van der Waals surface area contributed by atoms with Crippen LogP contribution in [0.2, 0.25) is 0 Å². The third-order valence-electron chi connectivity index (χ3n) is 5.06. The van der Waals surface area contributed by atoms with Crippen molar-refractivity contribution in [1.82, 2.24) is 0 Å². The molecule has 0 saturated carbocycles. The van der Waals surface area contributed by atoms with E-state index in [0.717, 1.165) is 14.3 Å². The molecule has 0 bridgehead atoms. The smallest absolute Gasteiger partial charge is 0.480 e. The molecule has 0 atom stereocenters. The van der Waals surface area contributed by atoms with Crippen LogP contribution in [0.4, 0.5) is 13.2 Å². The fourth-order valence-corrected chi connectivity index (χ4v) is 8.09. The maximum atomic E-state index is 13.0. The van der Waals surface area contributed by atoms with E-state index in [1.165, 1.54) is 0 Å². The SMILES string of the molecule is CCC(C[N-]S(=O)(=O)C(F)(F)F)(COC(=O)c1cc(I)cc(I)c1I)COC(=O)c1cc(I)cc(I)c1I. The third kappa shape index (κ3) is 9.48. The van der Waals surface area contributed by atoms with Crippen LogP contribution in [0.1, 0.15) is 34.1 Å². The number of carbonyl (C=O) groups excluding carboxylic acids is 2. The van der Waals surface area contributed by atoms with E-state index in [-0.39, 0.29) is 17.5 Å². The number of alkyl halides is 3. The summed E-state index contributed by atoms with van der Waals surface area (Å²) in [4.78, 5) is 25.8. The molecule has 0 heterocycles. The van der Waals surface area contributed by atoms with Crippen LogP contribution in [0.3, 0.4) is 0 Å². The van der Waals surface area contributed by atoms with Gasteiger partial charge in [0, 0.05) is 26.8 Å². The molecule has 2 rings (SSSR count). The van der Waals surface area contributed by atoms with Crippen molar-refractivity contribution in [3.63, 3.8) is 0 Å². The highest BCUT2D eigenvalue weighted by Crippen LogP contribution is 2.34. The quantitative estimate of drug-likeness (QED) is 0.136. The summed E-state index contributed by atoms with van der Waals surface area (Å²) >= 11 is 12.1. The van der Waals surface area contributed by atoms with Gasteiger partial charge < -0.3 is 14.2 Å². The molecule has 2 aromatic rings. The van der Waals surface area contributed by atoms with Crippen molar-refractivity contribution in [1.29, 1.82) is 0 Å². The Balaban J connectivity index is 2.34. The van der Waals surface area contributed by atoms with Crippen LogP contribution < -0.4 is 0 Å². The predicted molar refractivity (Wildman–Crippen MR) is 186 cm³/mol. The lowest BCUT2D eigenvalue weighted by Crippen LogP contribution is -2.39. The summed E-state index contributed by atoms with van der Waals surface area (Å²) in [7, 11) is -5.82. The summed E-state index contributed by atoms with van der Waals surface area (Å²) in [5.41, 5.74) is -6.65. The molecule has 0 radical (unpaired) electrons. The van der Waals surface area contributed by atoms with Gasteiger partial charge >= 0.3 is 17.4 Å². The number of ether oxygens (including phenoxy) is 2. The first-order valence-electron chi connectivity index (χ1n) is 10.1. The minimum absolute atomic E-state index is 0.00760. The molecule has 0 aromatic heterocycles. The zero-order valence-electron chi connectivity index (χ0n) is 18.8. The Labute approximate surface area is 299 Å². The lowest BCUT2D eigenvalue weighted by Gasteiger charge is -2.38. The largest absolute Gasteiger partial charge is 0.541 e. The predicted octanol–water partition coefficient (Wildman–Crippen LogP) is 7.95. The Morgan fingerprint density at radius 3 is 1.55 bits per heavy atom. The molecule has 0 aliphatic heterocycles. The highest BCUT2D eigenvalue weighted by atomic mass is 127. The zero-order valence-corrected chi connectivity index (χ0v) is 32.6. The van der Waals surface area contributed by atoms with Crippen molar-refractivity contribution in [2.75, 3.05) is 19.8 Å². The van der Waals surface area contributed by atoms with Crippen molar-refractivity contribution < 1.29 is 40.7 Å². The molecule has 0 aliphatic carbocycles. The summed E-state index contributed by atoms with van der Waals surface area (Å²) in [6, 6.07) is 6.90. The average molecular weight is 1230 g/mol. The first-order chi connectivity index (χ1) is 17.4. The number of sulfonamides is 1. The summed E-state index contributed by atoms with van der Waals surface area (Å²) in [6.45, 7) is -0.432. The van der Waals surface area contributed by atoms with Crippen LogP contribution in [-0.4, -0.2) is 45.6 Å². The first-order valence-corrected chi connectivity index (χ1v) is 18.0. The Morgan fingerprint density at radius 1 is 0.816 bits per heavy atom. The highest BCUT2D eigenvalue weighted by molar-refractivity contribution is 14.1. The van der Waals surface area contributed by atoms with E-state index >= 15 is 0 Å². The first kappa shape index (κ1) is 35.7. The zero-order chi connectivity index (χ0) is 29.1. The molecule has 0 aliphatic rings. The second-order valence-corrected chi connectivity index (χ2v) is 16.4. The van der Waals surface area contributed by atoms with Gasteiger partial charge in [-0.3, -0.25) is 0 Å². The molecule has 210 valence electrons. The van der Waals surface area contributed by atoms with E-state index in [0.29, 0.717) is 7.14 Å². The summed E-state index contributed by atoms with van der Waals surface area (Å²) in [6.07, 6.45) is -0.00760. The molecule has 0 amide bonds. The van der Waals surface area contributed by atoms with Crippen molar-refractivity contribution in [2.24, 2.45) is 5.41 Å². The number of benzene rings is 2. The fourth-order valence-electron chi connectivity index (χ4n) is 2.75. The van der Waals surface area contributed by atoms with Gasteiger partial charge in [0.05, 0.1) is 24.3 Å². The Bertz CT molecular complexity index is 1270. The van der Waals surface area contributed by atoms with Gasteiger partial charge in [-0.25, -0.2) is 18.0 Å². The van der Waals surface area contributed by atoms with E-state index in [2.05, 4.69) is 49.9 Å². The summed E-state index contributed by atoms with van der Waals surface area (Å²) in [5.74, 6) is -1.51. The molecule has 2 aromatic carbocycles. The van der Waals surface area contributed by atoms with Gasteiger partial charge in [-0.2, -0.15) is 13.2 Å². The van der Waals surface area contributed by atoms with Crippen molar-refractivity contribution in [3.8, 4) is 0 Å². The third-order valence-corrected chi connectivity index (χ3v) is 13.4. The van der Waals surface area contributed by atoms with E-state index in [9.17, 15) is 31.2 Å². The molecule has 0 unspecified atom stereocenters. The number of nitrogens with zero attached hydrogens (tertiary/aromatic N) is 1. The minimum Gasteiger partial charge on any atom is -0.541 e. The monoisotopic (exact) mass is 1230 g/mol. The molecule has 0 fully saturated rings. The van der Waals surface area contributed by atoms with Gasteiger partial charge in [0.1, 0.15) is 0 Å². The van der Waals surface area contributed by atoms with Crippen LogP contribution in [0.15, 0.2) is 24.3 Å². The van der Waals surface area contributed by atoms with E-state index < -0.39 is 52.6 Å². The fraction of sp³-hybridized carbons (Fsp3) is 0.333. The van der Waals surface area contributed by atoms with Crippen LogP contribution in [-0.2, 0) is 19.5 Å². The number of halogens is 9. The Kier molecular flexibility index (Phi) is 13.9. The second-order valence-electron chi connectivity index (χ2n) is 7.71. The normalized spacial score (nSPS) is 12.4.